The van der Waals surface area contributed by atoms with Gasteiger partial charge in [0.15, 0.2) is 0 Å². The van der Waals surface area contributed by atoms with Crippen LogP contribution in [0.4, 0.5) is 0 Å². The Labute approximate surface area is 126 Å². The molecule has 0 spiro atoms. The first-order chi connectivity index (χ1) is 10.3. The third-order valence-corrected chi connectivity index (χ3v) is 4.49. The van der Waals surface area contributed by atoms with Crippen LogP contribution in [-0.4, -0.2) is 43.6 Å². The number of carbonyl (C=O) groups excluding carboxylic acids is 1. The Balaban J connectivity index is 1.51. The molecule has 2 fully saturated rings. The monoisotopic (exact) mass is 288 g/mol. The van der Waals surface area contributed by atoms with Gasteiger partial charge in [0.2, 0.25) is 0 Å². The van der Waals surface area contributed by atoms with E-state index >= 15 is 0 Å². The third-order valence-electron chi connectivity index (χ3n) is 4.49. The van der Waals surface area contributed by atoms with Gasteiger partial charge in [0.25, 0.3) is 5.91 Å². The lowest BCUT2D eigenvalue weighted by Crippen LogP contribution is -2.45. The molecular weight excluding hydrogens is 264 g/mol. The van der Waals surface area contributed by atoms with Gasteiger partial charge in [-0.2, -0.15) is 0 Å². The average Bonchev–Trinajstić information content (AvgIpc) is 3.37. The summed E-state index contributed by atoms with van der Waals surface area (Å²) in [7, 11) is 1.63. The van der Waals surface area contributed by atoms with E-state index in [1.807, 2.05) is 29.2 Å². The van der Waals surface area contributed by atoms with Gasteiger partial charge in [0.05, 0.1) is 7.11 Å². The fourth-order valence-corrected chi connectivity index (χ4v) is 2.88. The number of ether oxygens (including phenoxy) is 1. The van der Waals surface area contributed by atoms with Crippen LogP contribution in [0, 0.1) is 5.92 Å². The summed E-state index contributed by atoms with van der Waals surface area (Å²) in [5.74, 6) is 1.78. The second kappa shape index (κ2) is 6.48. The summed E-state index contributed by atoms with van der Waals surface area (Å²) in [5.41, 5.74) is 0.721. The van der Waals surface area contributed by atoms with Crippen molar-refractivity contribution >= 4 is 5.91 Å². The van der Waals surface area contributed by atoms with Gasteiger partial charge < -0.3 is 15.0 Å². The van der Waals surface area contributed by atoms with Gasteiger partial charge in [0, 0.05) is 24.7 Å². The Kier molecular flexibility index (Phi) is 4.44. The van der Waals surface area contributed by atoms with E-state index in [-0.39, 0.29) is 5.91 Å². The lowest BCUT2D eigenvalue weighted by atomic mass is 10.0. The molecule has 3 rings (SSSR count). The smallest absolute Gasteiger partial charge is 0.253 e. The minimum atomic E-state index is 0.120. The van der Waals surface area contributed by atoms with Crippen LogP contribution in [0.15, 0.2) is 24.3 Å². The van der Waals surface area contributed by atoms with Crippen molar-refractivity contribution in [3.05, 3.63) is 29.8 Å². The SMILES string of the molecule is COc1cccc(C(=O)N2CCC(NCC3CC3)CC2)c1. The van der Waals surface area contributed by atoms with Crippen molar-refractivity contribution in [2.75, 3.05) is 26.7 Å². The molecule has 0 radical (unpaired) electrons. The lowest BCUT2D eigenvalue weighted by molar-refractivity contribution is 0.0704. The minimum Gasteiger partial charge on any atom is -0.497 e. The average molecular weight is 288 g/mol. The van der Waals surface area contributed by atoms with Crippen LogP contribution in [-0.2, 0) is 0 Å². The highest BCUT2D eigenvalue weighted by Crippen LogP contribution is 2.28. The van der Waals surface area contributed by atoms with Crippen LogP contribution in [0.2, 0.25) is 0 Å². The highest BCUT2D eigenvalue weighted by Gasteiger charge is 2.26. The zero-order valence-electron chi connectivity index (χ0n) is 12.7. The molecule has 0 aromatic heterocycles. The fourth-order valence-electron chi connectivity index (χ4n) is 2.88. The molecule has 1 heterocycles. The highest BCUT2D eigenvalue weighted by molar-refractivity contribution is 5.94. The molecule has 1 aromatic rings. The zero-order valence-corrected chi connectivity index (χ0v) is 12.7. The normalized spacial score (nSPS) is 19.6. The highest BCUT2D eigenvalue weighted by atomic mass is 16.5. The van der Waals surface area contributed by atoms with Crippen molar-refractivity contribution in [3.63, 3.8) is 0 Å². The summed E-state index contributed by atoms with van der Waals surface area (Å²) in [6.45, 7) is 2.85. The van der Waals surface area contributed by atoms with Crippen molar-refractivity contribution in [1.29, 1.82) is 0 Å². The number of nitrogens with one attached hydrogen (secondary N) is 1. The Hall–Kier alpha value is -1.55. The Morgan fingerprint density at radius 3 is 2.71 bits per heavy atom. The number of hydrogen-bond donors (Lipinski definition) is 1. The first kappa shape index (κ1) is 14.4. The largest absolute Gasteiger partial charge is 0.497 e. The summed E-state index contributed by atoms with van der Waals surface area (Å²) >= 11 is 0. The quantitative estimate of drug-likeness (QED) is 0.904. The maximum absolute atomic E-state index is 12.5. The Morgan fingerprint density at radius 2 is 2.05 bits per heavy atom. The molecule has 0 unspecified atom stereocenters. The number of likely N-dealkylation sites (tertiary alicyclic amines) is 1. The molecule has 1 aliphatic heterocycles. The van der Waals surface area contributed by atoms with Gasteiger partial charge >= 0.3 is 0 Å². The summed E-state index contributed by atoms with van der Waals surface area (Å²) < 4.78 is 5.19. The fraction of sp³-hybridized carbons (Fsp3) is 0.588. The van der Waals surface area contributed by atoms with Crippen LogP contribution >= 0.6 is 0 Å². The van der Waals surface area contributed by atoms with Gasteiger partial charge in [-0.25, -0.2) is 0 Å². The molecule has 1 saturated heterocycles. The summed E-state index contributed by atoms with van der Waals surface area (Å²) in [6, 6.07) is 8.00. The summed E-state index contributed by atoms with van der Waals surface area (Å²) in [5, 5.41) is 3.64. The van der Waals surface area contributed by atoms with E-state index in [0.29, 0.717) is 6.04 Å². The number of amides is 1. The second-order valence-electron chi connectivity index (χ2n) is 6.15. The molecule has 1 aromatic carbocycles. The molecule has 1 amide bonds. The molecule has 1 saturated carbocycles. The van der Waals surface area contributed by atoms with E-state index in [1.165, 1.54) is 12.8 Å². The molecule has 114 valence electrons. The lowest BCUT2D eigenvalue weighted by Gasteiger charge is -2.32. The first-order valence-corrected chi connectivity index (χ1v) is 7.93. The molecule has 21 heavy (non-hydrogen) atoms. The number of nitrogens with zero attached hydrogens (tertiary/aromatic N) is 1. The molecular formula is C17H24N2O2. The summed E-state index contributed by atoms with van der Waals surface area (Å²) in [6.07, 6.45) is 4.89. The maximum atomic E-state index is 12.5. The second-order valence-corrected chi connectivity index (χ2v) is 6.15. The molecule has 0 bridgehead atoms. The summed E-state index contributed by atoms with van der Waals surface area (Å²) in [4.78, 5) is 14.5. The zero-order chi connectivity index (χ0) is 14.7. The number of benzene rings is 1. The standard InChI is InChI=1S/C17H24N2O2/c1-21-16-4-2-3-14(11-16)17(20)19-9-7-15(8-10-19)18-12-13-5-6-13/h2-4,11,13,15,18H,5-10,12H2,1H3. The third kappa shape index (κ3) is 3.76. The van der Waals surface area contributed by atoms with E-state index < -0.39 is 0 Å². The first-order valence-electron chi connectivity index (χ1n) is 7.93. The molecule has 1 N–H and O–H groups in total. The minimum absolute atomic E-state index is 0.120. The van der Waals surface area contributed by atoms with Crippen molar-refractivity contribution in [1.82, 2.24) is 10.2 Å². The number of rotatable bonds is 5. The number of carbonyl (C=O) groups is 1. The predicted molar refractivity (Wildman–Crippen MR) is 82.6 cm³/mol. The van der Waals surface area contributed by atoms with E-state index in [4.69, 9.17) is 4.74 Å². The molecule has 0 atom stereocenters. The van der Waals surface area contributed by atoms with E-state index in [9.17, 15) is 4.79 Å². The van der Waals surface area contributed by atoms with Gasteiger partial charge in [-0.3, -0.25) is 4.79 Å². The van der Waals surface area contributed by atoms with Crippen molar-refractivity contribution in [2.45, 2.75) is 31.7 Å². The van der Waals surface area contributed by atoms with Crippen molar-refractivity contribution in [3.8, 4) is 5.75 Å². The van der Waals surface area contributed by atoms with Crippen LogP contribution in [0.1, 0.15) is 36.0 Å². The molecule has 2 aliphatic rings. The van der Waals surface area contributed by atoms with Crippen LogP contribution in [0.3, 0.4) is 0 Å². The van der Waals surface area contributed by atoms with Crippen molar-refractivity contribution in [2.24, 2.45) is 5.92 Å². The number of hydrogen-bond acceptors (Lipinski definition) is 3. The van der Waals surface area contributed by atoms with Crippen LogP contribution < -0.4 is 10.1 Å². The number of methoxy groups -OCH3 is 1. The number of piperidine rings is 1. The van der Waals surface area contributed by atoms with Gasteiger partial charge in [-0.1, -0.05) is 6.07 Å². The van der Waals surface area contributed by atoms with Gasteiger partial charge in [-0.15, -0.1) is 0 Å². The molecule has 4 heteroatoms. The Morgan fingerprint density at radius 1 is 1.29 bits per heavy atom. The van der Waals surface area contributed by atoms with Crippen LogP contribution in [0.5, 0.6) is 5.75 Å². The Bertz CT molecular complexity index is 491. The van der Waals surface area contributed by atoms with Crippen molar-refractivity contribution < 1.29 is 9.53 Å². The molecule has 1 aliphatic carbocycles. The van der Waals surface area contributed by atoms with E-state index in [1.54, 1.807) is 7.11 Å². The topological polar surface area (TPSA) is 41.6 Å². The van der Waals surface area contributed by atoms with Gasteiger partial charge in [-0.05, 0) is 56.3 Å². The van der Waals surface area contributed by atoms with Crippen LogP contribution in [0.25, 0.3) is 0 Å². The maximum Gasteiger partial charge on any atom is 0.253 e. The van der Waals surface area contributed by atoms with E-state index in [0.717, 1.165) is 49.7 Å². The van der Waals surface area contributed by atoms with Gasteiger partial charge in [0.1, 0.15) is 5.75 Å². The predicted octanol–water partition coefficient (Wildman–Crippen LogP) is 2.30. The van der Waals surface area contributed by atoms with E-state index in [2.05, 4.69) is 5.32 Å². The molecule has 4 nitrogen and oxygen atoms in total.